The summed E-state index contributed by atoms with van der Waals surface area (Å²) in [5, 5.41) is 0. The topological polar surface area (TPSA) is 55.4 Å². The Kier molecular flexibility index (Phi) is 5.27. The molecule has 0 fully saturated rings. The van der Waals surface area contributed by atoms with Crippen molar-refractivity contribution < 1.29 is 13.2 Å². The van der Waals surface area contributed by atoms with Gasteiger partial charge in [-0.3, -0.25) is 0 Å². The van der Waals surface area contributed by atoms with E-state index in [2.05, 4.69) is 4.72 Å². The number of methoxy groups -OCH3 is 1. The number of nitrogens with one attached hydrogen (secondary N) is 1. The number of thiophene rings is 1. The van der Waals surface area contributed by atoms with Crippen molar-refractivity contribution in [3.8, 4) is 5.75 Å². The first-order chi connectivity index (χ1) is 9.96. The van der Waals surface area contributed by atoms with Crippen LogP contribution in [-0.4, -0.2) is 15.5 Å². The Labute approximate surface area is 133 Å². The zero-order valence-electron chi connectivity index (χ0n) is 11.7. The fourth-order valence-corrected chi connectivity index (χ4v) is 4.72. The van der Waals surface area contributed by atoms with Crippen molar-refractivity contribution >= 4 is 33.0 Å². The lowest BCUT2D eigenvalue weighted by atomic mass is 10.1. The highest BCUT2D eigenvalue weighted by Gasteiger charge is 2.21. The fourth-order valence-electron chi connectivity index (χ4n) is 1.91. The summed E-state index contributed by atoms with van der Waals surface area (Å²) in [6.07, 6.45) is 0.644. The molecule has 1 aromatic carbocycles. The van der Waals surface area contributed by atoms with Gasteiger partial charge >= 0.3 is 0 Å². The van der Waals surface area contributed by atoms with Crippen LogP contribution in [0.25, 0.3) is 0 Å². The van der Waals surface area contributed by atoms with Crippen LogP contribution in [0.4, 0.5) is 0 Å². The highest BCUT2D eigenvalue weighted by Crippen LogP contribution is 2.28. The van der Waals surface area contributed by atoms with E-state index in [0.29, 0.717) is 10.8 Å². The molecule has 114 valence electrons. The minimum Gasteiger partial charge on any atom is -0.497 e. The minimum atomic E-state index is -3.56. The van der Waals surface area contributed by atoms with Gasteiger partial charge in [0.05, 0.1) is 11.4 Å². The molecule has 2 rings (SSSR count). The molecule has 0 amide bonds. The van der Waals surface area contributed by atoms with Crippen LogP contribution in [0.15, 0.2) is 40.6 Å². The second kappa shape index (κ2) is 6.79. The number of ether oxygens (including phenoxy) is 1. The van der Waals surface area contributed by atoms with Crippen LogP contribution in [0.2, 0.25) is 4.34 Å². The first kappa shape index (κ1) is 16.3. The monoisotopic (exact) mass is 345 g/mol. The highest BCUT2D eigenvalue weighted by molar-refractivity contribution is 7.91. The Morgan fingerprint density at radius 2 is 1.90 bits per heavy atom. The van der Waals surface area contributed by atoms with E-state index < -0.39 is 10.0 Å². The van der Waals surface area contributed by atoms with E-state index in [1.807, 2.05) is 31.2 Å². The number of sulfonamides is 1. The smallest absolute Gasteiger partial charge is 0.250 e. The number of benzene rings is 1. The molecular formula is C14H16ClNO3S2. The molecule has 0 spiro atoms. The maximum absolute atomic E-state index is 12.3. The highest BCUT2D eigenvalue weighted by atomic mass is 35.5. The van der Waals surface area contributed by atoms with Gasteiger partial charge in [0.25, 0.3) is 10.0 Å². The lowest BCUT2D eigenvalue weighted by Gasteiger charge is -2.17. The van der Waals surface area contributed by atoms with Crippen LogP contribution >= 0.6 is 22.9 Å². The van der Waals surface area contributed by atoms with E-state index in [0.717, 1.165) is 22.6 Å². The van der Waals surface area contributed by atoms with Gasteiger partial charge in [0.15, 0.2) is 0 Å². The molecule has 1 heterocycles. The Bertz CT molecular complexity index is 695. The molecule has 2 aromatic rings. The number of hydrogen-bond donors (Lipinski definition) is 1. The van der Waals surface area contributed by atoms with Crippen LogP contribution in [-0.2, 0) is 10.0 Å². The second-order valence-electron chi connectivity index (χ2n) is 4.41. The van der Waals surface area contributed by atoms with Crippen LogP contribution in [0.5, 0.6) is 5.75 Å². The third-order valence-corrected chi connectivity index (χ3v) is 6.23. The average molecular weight is 346 g/mol. The molecule has 21 heavy (non-hydrogen) atoms. The Morgan fingerprint density at radius 3 is 2.38 bits per heavy atom. The summed E-state index contributed by atoms with van der Waals surface area (Å²) in [4.78, 5) is 0. The van der Waals surface area contributed by atoms with Gasteiger partial charge in [0, 0.05) is 6.04 Å². The van der Waals surface area contributed by atoms with Crippen molar-refractivity contribution in [2.75, 3.05) is 7.11 Å². The van der Waals surface area contributed by atoms with Crippen molar-refractivity contribution in [3.63, 3.8) is 0 Å². The maximum atomic E-state index is 12.3. The van der Waals surface area contributed by atoms with Gasteiger partial charge in [0.1, 0.15) is 9.96 Å². The molecule has 0 aliphatic carbocycles. The SMILES string of the molecule is CCC(NS(=O)(=O)c1ccc(Cl)s1)c1ccc(OC)cc1. The molecule has 4 nitrogen and oxygen atoms in total. The standard InChI is InChI=1S/C14H16ClNO3S2/c1-3-12(10-4-6-11(19-2)7-5-10)16-21(17,18)14-9-8-13(15)20-14/h4-9,12,16H,3H2,1-2H3. The lowest BCUT2D eigenvalue weighted by molar-refractivity contribution is 0.414. The van der Waals surface area contributed by atoms with Gasteiger partial charge in [-0.2, -0.15) is 0 Å². The molecule has 0 bridgehead atoms. The van der Waals surface area contributed by atoms with Gasteiger partial charge in [-0.1, -0.05) is 30.7 Å². The molecule has 0 radical (unpaired) electrons. The Morgan fingerprint density at radius 1 is 1.24 bits per heavy atom. The quantitative estimate of drug-likeness (QED) is 0.865. The van der Waals surface area contributed by atoms with E-state index >= 15 is 0 Å². The van der Waals surface area contributed by atoms with Crippen LogP contribution < -0.4 is 9.46 Å². The predicted octanol–water partition coefficient (Wildman–Crippen LogP) is 3.84. The number of halogens is 1. The summed E-state index contributed by atoms with van der Waals surface area (Å²) in [6, 6.07) is 10.1. The van der Waals surface area contributed by atoms with Crippen LogP contribution in [0, 0.1) is 0 Å². The predicted molar refractivity (Wildman–Crippen MR) is 85.7 cm³/mol. The van der Waals surface area contributed by atoms with E-state index in [1.165, 1.54) is 6.07 Å². The van der Waals surface area contributed by atoms with E-state index in [-0.39, 0.29) is 10.3 Å². The number of hydrogen-bond acceptors (Lipinski definition) is 4. The fraction of sp³-hybridized carbons (Fsp3) is 0.286. The third-order valence-electron chi connectivity index (χ3n) is 3.04. The summed E-state index contributed by atoms with van der Waals surface area (Å²) >= 11 is 6.84. The Balaban J connectivity index is 2.21. The lowest BCUT2D eigenvalue weighted by Crippen LogP contribution is -2.27. The molecular weight excluding hydrogens is 330 g/mol. The Hall–Kier alpha value is -1.08. The van der Waals surface area contributed by atoms with Gasteiger partial charge < -0.3 is 4.74 Å². The van der Waals surface area contributed by atoms with Gasteiger partial charge in [-0.15, -0.1) is 11.3 Å². The molecule has 0 saturated carbocycles. The zero-order valence-corrected chi connectivity index (χ0v) is 14.1. The second-order valence-corrected chi connectivity index (χ2v) is 8.07. The molecule has 0 saturated heterocycles. The van der Waals surface area contributed by atoms with Crippen molar-refractivity contribution in [3.05, 3.63) is 46.3 Å². The normalized spacial score (nSPS) is 13.1. The molecule has 1 unspecified atom stereocenters. The molecule has 1 aromatic heterocycles. The summed E-state index contributed by atoms with van der Waals surface area (Å²) in [6.45, 7) is 1.93. The average Bonchev–Trinajstić information content (AvgIpc) is 2.92. The van der Waals surface area contributed by atoms with Crippen molar-refractivity contribution in [2.45, 2.75) is 23.6 Å². The maximum Gasteiger partial charge on any atom is 0.250 e. The first-order valence-electron chi connectivity index (χ1n) is 6.38. The molecule has 1 N–H and O–H groups in total. The summed E-state index contributed by atoms with van der Waals surface area (Å²) in [5.41, 5.74) is 0.893. The molecule has 1 atom stereocenters. The van der Waals surface area contributed by atoms with Gasteiger partial charge in [-0.25, -0.2) is 13.1 Å². The summed E-state index contributed by atoms with van der Waals surface area (Å²) < 4.78 is 33.1. The van der Waals surface area contributed by atoms with Crippen molar-refractivity contribution in [2.24, 2.45) is 0 Å². The summed E-state index contributed by atoms with van der Waals surface area (Å²) in [5.74, 6) is 0.737. The van der Waals surface area contributed by atoms with Crippen LogP contribution in [0.3, 0.4) is 0 Å². The largest absolute Gasteiger partial charge is 0.497 e. The van der Waals surface area contributed by atoms with Gasteiger partial charge in [-0.05, 0) is 36.2 Å². The van der Waals surface area contributed by atoms with Crippen molar-refractivity contribution in [1.82, 2.24) is 4.72 Å². The molecule has 0 aliphatic rings. The van der Waals surface area contributed by atoms with E-state index in [9.17, 15) is 8.42 Å². The van der Waals surface area contributed by atoms with Crippen LogP contribution in [0.1, 0.15) is 24.9 Å². The van der Waals surface area contributed by atoms with Gasteiger partial charge in [0.2, 0.25) is 0 Å². The molecule has 7 heteroatoms. The minimum absolute atomic E-state index is 0.222. The molecule has 0 aliphatic heterocycles. The zero-order chi connectivity index (χ0) is 15.5. The van der Waals surface area contributed by atoms with E-state index in [1.54, 1.807) is 13.2 Å². The third kappa shape index (κ3) is 3.97. The first-order valence-corrected chi connectivity index (χ1v) is 9.05. The van der Waals surface area contributed by atoms with Crippen molar-refractivity contribution in [1.29, 1.82) is 0 Å². The van der Waals surface area contributed by atoms with E-state index in [4.69, 9.17) is 16.3 Å². The number of rotatable bonds is 6. The summed E-state index contributed by atoms with van der Waals surface area (Å²) in [7, 11) is -1.97.